The fourth-order valence-electron chi connectivity index (χ4n) is 3.06. The van der Waals surface area contributed by atoms with E-state index in [1.54, 1.807) is 7.05 Å². The summed E-state index contributed by atoms with van der Waals surface area (Å²) in [5.74, 6) is -1.04. The second kappa shape index (κ2) is 5.76. The van der Waals surface area contributed by atoms with Crippen LogP contribution in [0.4, 0.5) is 0 Å². The Balaban J connectivity index is 2.14. The second-order valence-electron chi connectivity index (χ2n) is 5.42. The van der Waals surface area contributed by atoms with Gasteiger partial charge in [-0.05, 0) is 25.7 Å². The summed E-state index contributed by atoms with van der Waals surface area (Å²) in [6.07, 6.45) is 6.04. The number of aliphatic carboxylic acids is 1. The number of hydrogen-bond donors (Lipinski definition) is 1. The minimum absolute atomic E-state index is 0.0220. The topological polar surface area (TPSA) is 77.9 Å². The van der Waals surface area contributed by atoms with Crippen molar-refractivity contribution in [3.63, 3.8) is 0 Å². The normalized spacial score (nSPS) is 26.9. The molecule has 2 aliphatic rings. The number of carboxylic acids is 1. The van der Waals surface area contributed by atoms with Crippen molar-refractivity contribution in [1.82, 2.24) is 8.61 Å². The Morgan fingerprint density at radius 1 is 1.16 bits per heavy atom. The van der Waals surface area contributed by atoms with Crippen molar-refractivity contribution in [2.45, 2.75) is 57.0 Å². The molecule has 1 saturated carbocycles. The van der Waals surface area contributed by atoms with E-state index in [-0.39, 0.29) is 6.04 Å². The Labute approximate surface area is 114 Å². The van der Waals surface area contributed by atoms with Crippen molar-refractivity contribution < 1.29 is 18.3 Å². The molecule has 0 amide bonds. The smallest absolute Gasteiger partial charge is 0.322 e. The number of carboxylic acid groups (broad SMARTS) is 1. The molecule has 6 nitrogen and oxygen atoms in total. The van der Waals surface area contributed by atoms with Crippen LogP contribution in [0.1, 0.15) is 44.9 Å². The molecule has 0 aromatic heterocycles. The molecule has 1 N–H and O–H groups in total. The van der Waals surface area contributed by atoms with E-state index >= 15 is 0 Å². The van der Waals surface area contributed by atoms with Gasteiger partial charge in [0.05, 0.1) is 0 Å². The van der Waals surface area contributed by atoms with Crippen LogP contribution in [-0.2, 0) is 15.0 Å². The highest BCUT2D eigenvalue weighted by Crippen LogP contribution is 2.28. The summed E-state index contributed by atoms with van der Waals surface area (Å²) in [5, 5.41) is 9.11. The van der Waals surface area contributed by atoms with E-state index in [1.807, 2.05) is 0 Å². The van der Waals surface area contributed by atoms with Crippen molar-refractivity contribution in [2.24, 2.45) is 0 Å². The van der Waals surface area contributed by atoms with Crippen LogP contribution >= 0.6 is 0 Å². The molecular formula is C12H22N2O4S. The van der Waals surface area contributed by atoms with Crippen molar-refractivity contribution >= 4 is 16.2 Å². The highest BCUT2D eigenvalue weighted by Gasteiger charge is 2.42. The number of rotatable bonds is 4. The average molecular weight is 290 g/mol. The summed E-state index contributed by atoms with van der Waals surface area (Å²) < 4.78 is 27.6. The largest absolute Gasteiger partial charge is 0.480 e. The lowest BCUT2D eigenvalue weighted by molar-refractivity contribution is -0.140. The highest BCUT2D eigenvalue weighted by atomic mass is 32.2. The van der Waals surface area contributed by atoms with E-state index in [1.165, 1.54) is 4.31 Å². The molecule has 1 saturated heterocycles. The Morgan fingerprint density at radius 2 is 1.79 bits per heavy atom. The second-order valence-corrected chi connectivity index (χ2v) is 7.36. The van der Waals surface area contributed by atoms with Crippen molar-refractivity contribution in [1.29, 1.82) is 0 Å². The summed E-state index contributed by atoms with van der Waals surface area (Å²) in [6.45, 7) is 0.316. The Hall–Kier alpha value is -0.660. The van der Waals surface area contributed by atoms with Crippen LogP contribution in [-0.4, -0.2) is 53.8 Å². The van der Waals surface area contributed by atoms with Crippen molar-refractivity contribution in [3.05, 3.63) is 0 Å². The van der Waals surface area contributed by atoms with Crippen LogP contribution < -0.4 is 0 Å². The van der Waals surface area contributed by atoms with Gasteiger partial charge in [0.15, 0.2) is 0 Å². The number of nitrogens with zero attached hydrogens (tertiary/aromatic N) is 2. The Kier molecular flexibility index (Phi) is 4.47. The molecule has 110 valence electrons. The van der Waals surface area contributed by atoms with E-state index < -0.39 is 22.2 Å². The van der Waals surface area contributed by atoms with Gasteiger partial charge in [-0.2, -0.15) is 17.0 Å². The number of carbonyl (C=O) groups is 1. The Morgan fingerprint density at radius 3 is 2.37 bits per heavy atom. The van der Waals surface area contributed by atoms with Crippen LogP contribution in [0.15, 0.2) is 0 Å². The van der Waals surface area contributed by atoms with E-state index in [9.17, 15) is 13.2 Å². The van der Waals surface area contributed by atoms with Crippen LogP contribution in [0.25, 0.3) is 0 Å². The zero-order valence-electron chi connectivity index (χ0n) is 11.3. The summed E-state index contributed by atoms with van der Waals surface area (Å²) in [7, 11) is -2.06. The van der Waals surface area contributed by atoms with E-state index in [0.29, 0.717) is 19.4 Å². The molecule has 1 atom stereocenters. The van der Waals surface area contributed by atoms with Gasteiger partial charge in [-0.25, -0.2) is 0 Å². The molecular weight excluding hydrogens is 268 g/mol. The standard InChI is InChI=1S/C12H22N2O4S/c1-13(10-6-3-2-4-7-10)19(17,18)14-9-5-8-11(14)12(15)16/h10-11H,2-9H2,1H3,(H,15,16). The van der Waals surface area contributed by atoms with Gasteiger partial charge in [0.1, 0.15) is 6.04 Å². The quantitative estimate of drug-likeness (QED) is 0.839. The molecule has 1 aliphatic heterocycles. The molecule has 0 bridgehead atoms. The van der Waals surface area contributed by atoms with Gasteiger partial charge >= 0.3 is 5.97 Å². The van der Waals surface area contributed by atoms with Crippen LogP contribution in [0, 0.1) is 0 Å². The van der Waals surface area contributed by atoms with Gasteiger partial charge in [-0.3, -0.25) is 4.79 Å². The summed E-state index contributed by atoms with van der Waals surface area (Å²) in [4.78, 5) is 11.1. The van der Waals surface area contributed by atoms with Gasteiger partial charge in [-0.15, -0.1) is 0 Å². The summed E-state index contributed by atoms with van der Waals surface area (Å²) in [5.41, 5.74) is 0. The van der Waals surface area contributed by atoms with Crippen LogP contribution in [0.2, 0.25) is 0 Å². The van der Waals surface area contributed by atoms with Crippen molar-refractivity contribution in [2.75, 3.05) is 13.6 Å². The van der Waals surface area contributed by atoms with Gasteiger partial charge < -0.3 is 5.11 Å². The fourth-order valence-corrected chi connectivity index (χ4v) is 4.86. The molecule has 2 fully saturated rings. The maximum atomic E-state index is 12.5. The molecule has 1 heterocycles. The first-order valence-corrected chi connectivity index (χ1v) is 8.32. The van der Waals surface area contributed by atoms with Gasteiger partial charge in [-0.1, -0.05) is 19.3 Å². The lowest BCUT2D eigenvalue weighted by Gasteiger charge is -2.34. The average Bonchev–Trinajstić information content (AvgIpc) is 2.89. The fraction of sp³-hybridized carbons (Fsp3) is 0.917. The first-order valence-electron chi connectivity index (χ1n) is 6.92. The third-order valence-electron chi connectivity index (χ3n) is 4.24. The highest BCUT2D eigenvalue weighted by molar-refractivity contribution is 7.86. The van der Waals surface area contributed by atoms with E-state index in [2.05, 4.69) is 0 Å². The van der Waals surface area contributed by atoms with E-state index in [4.69, 9.17) is 5.11 Å². The van der Waals surface area contributed by atoms with Crippen LogP contribution in [0.3, 0.4) is 0 Å². The van der Waals surface area contributed by atoms with Gasteiger partial charge in [0, 0.05) is 19.6 Å². The lowest BCUT2D eigenvalue weighted by atomic mass is 9.96. The maximum absolute atomic E-state index is 12.5. The lowest BCUT2D eigenvalue weighted by Crippen LogP contribution is -2.50. The minimum atomic E-state index is -3.65. The molecule has 7 heteroatoms. The Bertz CT molecular complexity index is 431. The predicted octanol–water partition coefficient (Wildman–Crippen LogP) is 1.04. The summed E-state index contributed by atoms with van der Waals surface area (Å²) >= 11 is 0. The summed E-state index contributed by atoms with van der Waals surface area (Å²) in [6, 6.07) is -0.871. The first-order chi connectivity index (χ1) is 8.94. The number of hydrogen-bond acceptors (Lipinski definition) is 3. The minimum Gasteiger partial charge on any atom is -0.480 e. The third-order valence-corrected chi connectivity index (χ3v) is 6.29. The monoisotopic (exact) mass is 290 g/mol. The molecule has 2 rings (SSSR count). The maximum Gasteiger partial charge on any atom is 0.322 e. The molecule has 1 unspecified atom stereocenters. The van der Waals surface area contributed by atoms with Gasteiger partial charge in [0.25, 0.3) is 10.2 Å². The predicted molar refractivity (Wildman–Crippen MR) is 70.9 cm³/mol. The molecule has 1 aliphatic carbocycles. The van der Waals surface area contributed by atoms with Crippen molar-refractivity contribution in [3.8, 4) is 0 Å². The van der Waals surface area contributed by atoms with Gasteiger partial charge in [0.2, 0.25) is 0 Å². The molecule has 0 aromatic carbocycles. The zero-order chi connectivity index (χ0) is 14.0. The van der Waals surface area contributed by atoms with Crippen LogP contribution in [0.5, 0.6) is 0 Å². The molecule has 0 spiro atoms. The van der Waals surface area contributed by atoms with E-state index in [0.717, 1.165) is 36.4 Å². The first kappa shape index (κ1) is 14.7. The molecule has 0 aromatic rings. The molecule has 19 heavy (non-hydrogen) atoms. The SMILES string of the molecule is CN(C1CCCCC1)S(=O)(=O)N1CCCC1C(=O)O. The third kappa shape index (κ3) is 2.93. The zero-order valence-corrected chi connectivity index (χ0v) is 12.1. The molecule has 0 radical (unpaired) electrons.